The summed E-state index contributed by atoms with van der Waals surface area (Å²) in [4.78, 5) is 11.9. The molecular formula is C36H64O2. The number of rotatable bonds is 29. The summed E-state index contributed by atoms with van der Waals surface area (Å²) in [6.07, 6.45) is 47.3. The van der Waals surface area contributed by atoms with E-state index in [4.69, 9.17) is 4.74 Å². The van der Waals surface area contributed by atoms with E-state index in [0.717, 1.165) is 38.5 Å². The lowest BCUT2D eigenvalue weighted by Crippen LogP contribution is -2.05. The number of allylic oxidation sites excluding steroid dienone is 8. The number of unbranched alkanes of at least 4 members (excludes halogenated alkanes) is 17. The average molecular weight is 529 g/mol. The van der Waals surface area contributed by atoms with Gasteiger partial charge in [-0.05, 0) is 70.6 Å². The highest BCUT2D eigenvalue weighted by Crippen LogP contribution is 2.11. The van der Waals surface area contributed by atoms with Gasteiger partial charge < -0.3 is 4.74 Å². The Morgan fingerprint density at radius 3 is 1.45 bits per heavy atom. The summed E-state index contributed by atoms with van der Waals surface area (Å²) >= 11 is 0. The van der Waals surface area contributed by atoms with Crippen molar-refractivity contribution in [2.45, 2.75) is 168 Å². The van der Waals surface area contributed by atoms with E-state index in [-0.39, 0.29) is 5.97 Å². The third kappa shape index (κ3) is 32.5. The maximum Gasteiger partial charge on any atom is 0.305 e. The van der Waals surface area contributed by atoms with Crippen molar-refractivity contribution in [3.63, 3.8) is 0 Å². The molecular weight excluding hydrogens is 464 g/mol. The predicted octanol–water partition coefficient (Wildman–Crippen LogP) is 12.2. The normalized spacial score (nSPS) is 12.2. The van der Waals surface area contributed by atoms with Crippen LogP contribution in [-0.2, 0) is 9.53 Å². The number of hydrogen-bond donors (Lipinski definition) is 0. The van der Waals surface area contributed by atoms with Crippen molar-refractivity contribution in [1.29, 1.82) is 0 Å². The molecule has 0 aliphatic carbocycles. The zero-order valence-electron chi connectivity index (χ0n) is 25.6. The minimum Gasteiger partial charge on any atom is -0.466 e. The fraction of sp³-hybridized carbons (Fsp3) is 0.750. The quantitative estimate of drug-likeness (QED) is 0.0548. The highest BCUT2D eigenvalue weighted by atomic mass is 16.5. The van der Waals surface area contributed by atoms with Gasteiger partial charge in [0, 0.05) is 6.42 Å². The average Bonchev–Trinajstić information content (AvgIpc) is 2.92. The molecule has 0 heterocycles. The highest BCUT2D eigenvalue weighted by molar-refractivity contribution is 5.69. The van der Waals surface area contributed by atoms with Crippen LogP contribution >= 0.6 is 0 Å². The van der Waals surface area contributed by atoms with Gasteiger partial charge in [0.25, 0.3) is 0 Å². The van der Waals surface area contributed by atoms with Gasteiger partial charge in [-0.2, -0.15) is 0 Å². The predicted molar refractivity (Wildman–Crippen MR) is 170 cm³/mol. The Balaban J connectivity index is 3.28. The van der Waals surface area contributed by atoms with E-state index >= 15 is 0 Å². The summed E-state index contributed by atoms with van der Waals surface area (Å²) in [7, 11) is 0. The second-order valence-corrected chi connectivity index (χ2v) is 10.8. The monoisotopic (exact) mass is 528 g/mol. The molecule has 0 N–H and O–H groups in total. The molecule has 0 aliphatic heterocycles. The first-order valence-electron chi connectivity index (χ1n) is 16.6. The molecule has 0 aliphatic rings. The van der Waals surface area contributed by atoms with E-state index in [1.165, 1.54) is 109 Å². The lowest BCUT2D eigenvalue weighted by molar-refractivity contribution is -0.143. The summed E-state index contributed by atoms with van der Waals surface area (Å²) in [5.41, 5.74) is 0. The Bertz CT molecular complexity index is 584. The molecule has 0 aromatic heterocycles. The first kappa shape index (κ1) is 36.4. The van der Waals surface area contributed by atoms with Gasteiger partial charge >= 0.3 is 5.97 Å². The molecule has 2 nitrogen and oxygen atoms in total. The van der Waals surface area contributed by atoms with Crippen LogP contribution in [0.4, 0.5) is 0 Å². The molecule has 0 saturated carbocycles. The maximum atomic E-state index is 11.9. The molecule has 0 amide bonds. The summed E-state index contributed by atoms with van der Waals surface area (Å²) in [5, 5.41) is 0. The van der Waals surface area contributed by atoms with E-state index in [9.17, 15) is 4.79 Å². The number of carbonyl (C=O) groups excluding carboxylic acids is 1. The maximum absolute atomic E-state index is 11.9. The zero-order valence-corrected chi connectivity index (χ0v) is 25.6. The van der Waals surface area contributed by atoms with E-state index in [1.807, 2.05) is 0 Å². The van der Waals surface area contributed by atoms with Gasteiger partial charge in [-0.15, -0.1) is 0 Å². The van der Waals surface area contributed by atoms with Crippen molar-refractivity contribution in [1.82, 2.24) is 0 Å². The Morgan fingerprint density at radius 1 is 0.474 bits per heavy atom. The van der Waals surface area contributed by atoms with Crippen molar-refractivity contribution >= 4 is 5.97 Å². The van der Waals surface area contributed by atoms with Crippen molar-refractivity contribution in [2.24, 2.45) is 0 Å². The smallest absolute Gasteiger partial charge is 0.305 e. The number of hydrogen-bond acceptors (Lipinski definition) is 2. The van der Waals surface area contributed by atoms with Crippen molar-refractivity contribution in [3.8, 4) is 0 Å². The first-order valence-corrected chi connectivity index (χ1v) is 16.6. The zero-order chi connectivity index (χ0) is 27.6. The summed E-state index contributed by atoms with van der Waals surface area (Å²) in [5.74, 6) is 0.00156. The van der Waals surface area contributed by atoms with Crippen molar-refractivity contribution < 1.29 is 9.53 Å². The fourth-order valence-corrected chi connectivity index (χ4v) is 4.50. The van der Waals surface area contributed by atoms with Gasteiger partial charge in [0.1, 0.15) is 0 Å². The number of ether oxygens (including phenoxy) is 1. The molecule has 0 fully saturated rings. The topological polar surface area (TPSA) is 26.3 Å². The molecule has 2 heteroatoms. The minimum absolute atomic E-state index is 0.00156. The van der Waals surface area contributed by atoms with Crippen LogP contribution in [0.3, 0.4) is 0 Å². The molecule has 0 radical (unpaired) electrons. The molecule has 0 spiro atoms. The molecule has 0 atom stereocenters. The van der Waals surface area contributed by atoms with E-state index in [2.05, 4.69) is 62.5 Å². The van der Waals surface area contributed by atoms with Crippen LogP contribution in [0, 0.1) is 0 Å². The third-order valence-electron chi connectivity index (χ3n) is 6.95. The standard InChI is InChI=1S/C36H64O2/c1-3-5-7-9-11-13-15-17-19-21-23-25-27-29-31-33-35-38-36(37)34-32-30-28-26-24-22-20-18-16-14-12-10-8-6-4-2/h5,7,11,13,17-20H,3-4,6,8-10,12,14-16,21-35H2,1-2H3/b7-5-,13-11-,19-17-,20-18-. The summed E-state index contributed by atoms with van der Waals surface area (Å²) in [6.45, 7) is 5.05. The third-order valence-corrected chi connectivity index (χ3v) is 6.95. The van der Waals surface area contributed by atoms with E-state index in [1.54, 1.807) is 0 Å². The largest absolute Gasteiger partial charge is 0.466 e. The number of esters is 1. The van der Waals surface area contributed by atoms with Crippen LogP contribution in [0.2, 0.25) is 0 Å². The molecule has 220 valence electrons. The van der Waals surface area contributed by atoms with Crippen LogP contribution in [0.25, 0.3) is 0 Å². The van der Waals surface area contributed by atoms with E-state index in [0.29, 0.717) is 13.0 Å². The van der Waals surface area contributed by atoms with Crippen LogP contribution in [-0.4, -0.2) is 12.6 Å². The van der Waals surface area contributed by atoms with Gasteiger partial charge in [-0.25, -0.2) is 0 Å². The SMILES string of the molecule is CC/C=C\C/C=C\C/C=C\CCCCCCCCOC(=O)CCCCCCC/C=C\CCCCCCCC. The summed E-state index contributed by atoms with van der Waals surface area (Å²) < 4.78 is 5.41. The lowest BCUT2D eigenvalue weighted by atomic mass is 10.1. The lowest BCUT2D eigenvalue weighted by Gasteiger charge is -2.05. The Morgan fingerprint density at radius 2 is 0.895 bits per heavy atom. The highest BCUT2D eigenvalue weighted by Gasteiger charge is 2.02. The van der Waals surface area contributed by atoms with Gasteiger partial charge in [-0.1, -0.05) is 140 Å². The second-order valence-electron chi connectivity index (χ2n) is 10.8. The van der Waals surface area contributed by atoms with Gasteiger partial charge in [0.05, 0.1) is 6.61 Å². The molecule has 0 rings (SSSR count). The Hall–Kier alpha value is -1.57. The fourth-order valence-electron chi connectivity index (χ4n) is 4.50. The van der Waals surface area contributed by atoms with Crippen LogP contribution in [0.15, 0.2) is 48.6 Å². The molecule has 0 aromatic carbocycles. The molecule has 0 aromatic rings. The Kier molecular flexibility index (Phi) is 32.1. The van der Waals surface area contributed by atoms with Crippen molar-refractivity contribution in [3.05, 3.63) is 48.6 Å². The second kappa shape index (κ2) is 33.5. The molecule has 0 unspecified atom stereocenters. The van der Waals surface area contributed by atoms with Crippen LogP contribution in [0.1, 0.15) is 168 Å². The van der Waals surface area contributed by atoms with E-state index < -0.39 is 0 Å². The summed E-state index contributed by atoms with van der Waals surface area (Å²) in [6, 6.07) is 0. The first-order chi connectivity index (χ1) is 18.8. The molecule has 0 saturated heterocycles. The van der Waals surface area contributed by atoms with Crippen molar-refractivity contribution in [2.75, 3.05) is 6.61 Å². The van der Waals surface area contributed by atoms with Crippen LogP contribution in [0.5, 0.6) is 0 Å². The number of carbonyl (C=O) groups is 1. The minimum atomic E-state index is 0.00156. The molecule has 0 bridgehead atoms. The van der Waals surface area contributed by atoms with Gasteiger partial charge in [-0.3, -0.25) is 4.79 Å². The van der Waals surface area contributed by atoms with Gasteiger partial charge in [0.2, 0.25) is 0 Å². The molecule has 38 heavy (non-hydrogen) atoms. The van der Waals surface area contributed by atoms with Crippen LogP contribution < -0.4 is 0 Å². The Labute approximate surface area is 238 Å². The van der Waals surface area contributed by atoms with Gasteiger partial charge in [0.15, 0.2) is 0 Å².